The highest BCUT2D eigenvalue weighted by atomic mass is 16.6. The van der Waals surface area contributed by atoms with Gasteiger partial charge in [0.05, 0.1) is 4.92 Å². The summed E-state index contributed by atoms with van der Waals surface area (Å²) < 4.78 is 1.18. The van der Waals surface area contributed by atoms with Gasteiger partial charge >= 0.3 is 11.2 Å². The summed E-state index contributed by atoms with van der Waals surface area (Å²) in [5.74, 6) is 0.916. The van der Waals surface area contributed by atoms with Gasteiger partial charge in [-0.1, -0.05) is 31.7 Å². The normalized spacial score (nSPS) is 17.8. The molecule has 4 rings (SSSR count). The summed E-state index contributed by atoms with van der Waals surface area (Å²) in [5.41, 5.74) is -0.839. The topological polar surface area (TPSA) is 101 Å². The van der Waals surface area contributed by atoms with Gasteiger partial charge in [-0.2, -0.15) is 0 Å². The Morgan fingerprint density at radius 1 is 1.17 bits per heavy atom. The summed E-state index contributed by atoms with van der Waals surface area (Å²) in [7, 11) is 0. The van der Waals surface area contributed by atoms with Gasteiger partial charge in [0.25, 0.3) is 0 Å². The molecule has 0 bridgehead atoms. The van der Waals surface area contributed by atoms with Gasteiger partial charge in [-0.25, -0.2) is 4.98 Å². The second-order valence-electron chi connectivity index (χ2n) is 7.83. The molecule has 1 saturated heterocycles. The first kappa shape index (κ1) is 19.4. The molecule has 2 aromatic rings. The van der Waals surface area contributed by atoms with Crippen LogP contribution in [0.1, 0.15) is 38.5 Å². The van der Waals surface area contributed by atoms with Crippen molar-refractivity contribution in [3.63, 3.8) is 0 Å². The highest BCUT2D eigenvalue weighted by Gasteiger charge is 2.31. The summed E-state index contributed by atoms with van der Waals surface area (Å²) in [6.45, 7) is 1.81. The highest BCUT2D eigenvalue weighted by molar-refractivity contribution is 5.76. The molecule has 1 aliphatic carbocycles. The molecule has 0 spiro atoms. The van der Waals surface area contributed by atoms with E-state index in [2.05, 4.69) is 4.98 Å². The van der Waals surface area contributed by atoms with Gasteiger partial charge in [-0.15, -0.1) is 0 Å². The van der Waals surface area contributed by atoms with Crippen molar-refractivity contribution in [1.29, 1.82) is 0 Å². The van der Waals surface area contributed by atoms with Crippen molar-refractivity contribution in [2.45, 2.75) is 38.5 Å². The maximum atomic E-state index is 12.6. The zero-order valence-electron chi connectivity index (χ0n) is 16.3. The van der Waals surface area contributed by atoms with Crippen LogP contribution in [-0.2, 0) is 4.79 Å². The van der Waals surface area contributed by atoms with Crippen molar-refractivity contribution in [2.75, 3.05) is 31.1 Å². The third-order valence-corrected chi connectivity index (χ3v) is 6.05. The van der Waals surface area contributed by atoms with E-state index >= 15 is 0 Å². The second-order valence-corrected chi connectivity index (χ2v) is 7.83. The van der Waals surface area contributed by atoms with Crippen molar-refractivity contribution in [1.82, 2.24) is 14.3 Å². The molecule has 0 unspecified atom stereocenters. The Hall–Kier alpha value is -2.97. The number of pyridine rings is 1. The molecular formula is C20H25N5O4. The number of hydrogen-bond acceptors (Lipinski definition) is 6. The lowest BCUT2D eigenvalue weighted by atomic mass is 10.0. The van der Waals surface area contributed by atoms with Crippen LogP contribution in [0.15, 0.2) is 29.2 Å². The van der Waals surface area contributed by atoms with E-state index in [-0.39, 0.29) is 11.7 Å². The average Bonchev–Trinajstić information content (AvgIpc) is 3.25. The molecule has 2 aliphatic rings. The van der Waals surface area contributed by atoms with Crippen LogP contribution in [0.2, 0.25) is 0 Å². The third-order valence-electron chi connectivity index (χ3n) is 6.05. The zero-order valence-corrected chi connectivity index (χ0v) is 16.3. The molecule has 29 heavy (non-hydrogen) atoms. The van der Waals surface area contributed by atoms with Crippen molar-refractivity contribution in [3.05, 3.63) is 44.9 Å². The SMILES string of the molecule is O=C(CCC1CCCC1)N1CCN(c2nc3ccccn3c(=O)c2[N+](=O)[O-])CC1. The Labute approximate surface area is 168 Å². The van der Waals surface area contributed by atoms with Gasteiger partial charge in [0.15, 0.2) is 0 Å². The number of fused-ring (bicyclic) bond motifs is 1. The zero-order chi connectivity index (χ0) is 20.4. The predicted molar refractivity (Wildman–Crippen MR) is 108 cm³/mol. The second kappa shape index (κ2) is 8.18. The number of nitrogens with zero attached hydrogens (tertiary/aromatic N) is 5. The van der Waals surface area contributed by atoms with E-state index in [1.54, 1.807) is 23.1 Å². The lowest BCUT2D eigenvalue weighted by Crippen LogP contribution is -2.49. The highest BCUT2D eigenvalue weighted by Crippen LogP contribution is 2.29. The van der Waals surface area contributed by atoms with Gasteiger partial charge in [0, 0.05) is 38.8 Å². The number of rotatable bonds is 5. The van der Waals surface area contributed by atoms with Crippen LogP contribution in [0.5, 0.6) is 0 Å². The van der Waals surface area contributed by atoms with Crippen molar-refractivity contribution >= 4 is 23.1 Å². The fraction of sp³-hybridized carbons (Fsp3) is 0.550. The summed E-state index contributed by atoms with van der Waals surface area (Å²) >= 11 is 0. The number of carbonyl (C=O) groups excluding carboxylic acids is 1. The molecule has 0 N–H and O–H groups in total. The van der Waals surface area contributed by atoms with E-state index in [1.165, 1.54) is 36.3 Å². The molecule has 0 aromatic carbocycles. The third kappa shape index (κ3) is 3.94. The molecule has 9 nitrogen and oxygen atoms in total. The van der Waals surface area contributed by atoms with E-state index in [0.717, 1.165) is 6.42 Å². The van der Waals surface area contributed by atoms with Gasteiger partial charge in [0.1, 0.15) is 5.65 Å². The van der Waals surface area contributed by atoms with Crippen molar-refractivity contribution in [3.8, 4) is 0 Å². The van der Waals surface area contributed by atoms with E-state index in [9.17, 15) is 19.7 Å². The van der Waals surface area contributed by atoms with Crippen molar-refractivity contribution in [2.24, 2.45) is 5.92 Å². The van der Waals surface area contributed by atoms with Crippen molar-refractivity contribution < 1.29 is 9.72 Å². The lowest BCUT2D eigenvalue weighted by molar-refractivity contribution is -0.385. The van der Waals surface area contributed by atoms with E-state index in [0.29, 0.717) is 44.2 Å². The lowest BCUT2D eigenvalue weighted by Gasteiger charge is -2.35. The smallest absolute Gasteiger partial charge is 0.347 e. The summed E-state index contributed by atoms with van der Waals surface area (Å²) in [5, 5.41) is 11.6. The van der Waals surface area contributed by atoms with Crippen LogP contribution in [0, 0.1) is 16.0 Å². The molecular weight excluding hydrogens is 374 g/mol. The van der Waals surface area contributed by atoms with Crippen LogP contribution in [0.3, 0.4) is 0 Å². The monoisotopic (exact) mass is 399 g/mol. The number of aromatic nitrogens is 2. The first-order valence-electron chi connectivity index (χ1n) is 10.2. The number of carbonyl (C=O) groups is 1. The summed E-state index contributed by atoms with van der Waals surface area (Å²) in [6, 6.07) is 5.02. The number of nitro groups is 1. The molecule has 9 heteroatoms. The molecule has 3 heterocycles. The number of hydrogen-bond donors (Lipinski definition) is 0. The van der Waals surface area contributed by atoms with E-state index in [1.807, 2.05) is 4.90 Å². The standard InChI is InChI=1S/C20H25N5O4/c26-17(9-8-15-5-1-2-6-15)22-11-13-23(14-12-22)19-18(25(28)29)20(27)24-10-4-3-7-16(24)21-19/h3-4,7,10,15H,1-2,5-6,8-9,11-14H2. The van der Waals surface area contributed by atoms with Crippen LogP contribution in [0.4, 0.5) is 11.5 Å². The molecule has 0 atom stereocenters. The van der Waals surface area contributed by atoms with E-state index in [4.69, 9.17) is 0 Å². The predicted octanol–water partition coefficient (Wildman–Crippen LogP) is 2.22. The maximum absolute atomic E-state index is 12.6. The van der Waals surface area contributed by atoms with Crippen LogP contribution in [-0.4, -0.2) is 51.3 Å². The Bertz CT molecular complexity index is 974. The molecule has 1 amide bonds. The maximum Gasteiger partial charge on any atom is 0.376 e. The van der Waals surface area contributed by atoms with Gasteiger partial charge in [-0.3, -0.25) is 24.1 Å². The summed E-state index contributed by atoms with van der Waals surface area (Å²) in [6.07, 6.45) is 8.00. The number of anilines is 1. The molecule has 1 aliphatic heterocycles. The minimum absolute atomic E-state index is 0.0873. The van der Waals surface area contributed by atoms with Gasteiger partial charge in [0.2, 0.25) is 11.7 Å². The quantitative estimate of drug-likeness (QED) is 0.564. The Kier molecular flexibility index (Phi) is 5.46. The Morgan fingerprint density at radius 3 is 2.59 bits per heavy atom. The molecule has 2 aromatic heterocycles. The summed E-state index contributed by atoms with van der Waals surface area (Å²) in [4.78, 5) is 44.0. The largest absolute Gasteiger partial charge is 0.376 e. The van der Waals surface area contributed by atoms with Gasteiger partial charge in [-0.05, 0) is 24.5 Å². The molecule has 1 saturated carbocycles. The van der Waals surface area contributed by atoms with Crippen LogP contribution < -0.4 is 10.5 Å². The number of piperazine rings is 1. The first-order chi connectivity index (χ1) is 14.0. The fourth-order valence-corrected chi connectivity index (χ4v) is 4.40. The molecule has 154 valence electrons. The van der Waals surface area contributed by atoms with E-state index < -0.39 is 16.2 Å². The average molecular weight is 399 g/mol. The van der Waals surface area contributed by atoms with Crippen LogP contribution in [0.25, 0.3) is 5.65 Å². The first-order valence-corrected chi connectivity index (χ1v) is 10.2. The van der Waals surface area contributed by atoms with Gasteiger partial charge < -0.3 is 9.80 Å². The minimum atomic E-state index is -0.689. The Balaban J connectivity index is 1.47. The molecule has 2 fully saturated rings. The molecule has 0 radical (unpaired) electrons. The Morgan fingerprint density at radius 2 is 1.90 bits per heavy atom. The minimum Gasteiger partial charge on any atom is -0.347 e. The fourth-order valence-electron chi connectivity index (χ4n) is 4.40. The van der Waals surface area contributed by atoms with Crippen LogP contribution >= 0.6 is 0 Å². The number of amides is 1.